The lowest BCUT2D eigenvalue weighted by molar-refractivity contribution is -0.318. The molecule has 3 unspecified atom stereocenters. The molecule has 1 fully saturated rings. The molecule has 3 atom stereocenters. The standard InChI is InChI=1S/C17H19F3N2O3/c1-11-7-8-14-13(9-11)16(24,17(18,19)20)22(21-14)15(23)10-25-12-5-3-2-4-6-12/h2-6,11,13,24H,7-10H2,1H3. The van der Waals surface area contributed by atoms with E-state index in [1.807, 2.05) is 6.92 Å². The minimum absolute atomic E-state index is 0.0217. The fourth-order valence-corrected chi connectivity index (χ4v) is 3.38. The zero-order chi connectivity index (χ0) is 18.2. The predicted octanol–water partition coefficient (Wildman–Crippen LogP) is 2.95. The Morgan fingerprint density at radius 1 is 1.40 bits per heavy atom. The quantitative estimate of drug-likeness (QED) is 0.906. The summed E-state index contributed by atoms with van der Waals surface area (Å²) in [5.74, 6) is -1.88. The zero-order valence-corrected chi connectivity index (χ0v) is 13.7. The number of amides is 1. The predicted molar refractivity (Wildman–Crippen MR) is 83.7 cm³/mol. The summed E-state index contributed by atoms with van der Waals surface area (Å²) in [5, 5.41) is 14.5. The number of alkyl halides is 3. The number of fused-ring (bicyclic) bond motifs is 1. The third-order valence-corrected chi connectivity index (χ3v) is 4.73. The maximum absolute atomic E-state index is 13.7. The normalized spacial score (nSPS) is 29.2. The van der Waals surface area contributed by atoms with Crippen molar-refractivity contribution in [3.05, 3.63) is 30.3 Å². The number of aliphatic hydroxyl groups is 1. The first kappa shape index (κ1) is 17.7. The van der Waals surface area contributed by atoms with Gasteiger partial charge in [0.15, 0.2) is 6.61 Å². The topological polar surface area (TPSA) is 62.1 Å². The Hall–Kier alpha value is -2.09. The number of para-hydroxylation sites is 1. The van der Waals surface area contributed by atoms with E-state index in [0.29, 0.717) is 18.6 Å². The fourth-order valence-electron chi connectivity index (χ4n) is 3.38. The number of ether oxygens (including phenoxy) is 1. The van der Waals surface area contributed by atoms with Gasteiger partial charge in [-0.2, -0.15) is 23.3 Å². The van der Waals surface area contributed by atoms with Gasteiger partial charge >= 0.3 is 6.18 Å². The van der Waals surface area contributed by atoms with Crippen LogP contribution in [-0.4, -0.2) is 40.2 Å². The van der Waals surface area contributed by atoms with Gasteiger partial charge in [0.2, 0.25) is 0 Å². The van der Waals surface area contributed by atoms with Crippen LogP contribution in [0, 0.1) is 11.8 Å². The van der Waals surface area contributed by atoms with E-state index in [9.17, 15) is 23.1 Å². The van der Waals surface area contributed by atoms with Crippen molar-refractivity contribution in [2.75, 3.05) is 6.61 Å². The average molecular weight is 356 g/mol. The second kappa shape index (κ2) is 6.33. The maximum Gasteiger partial charge on any atom is 0.439 e. The molecule has 136 valence electrons. The number of carbonyl (C=O) groups excluding carboxylic acids is 1. The van der Waals surface area contributed by atoms with Gasteiger partial charge in [-0.3, -0.25) is 4.79 Å². The summed E-state index contributed by atoms with van der Waals surface area (Å²) in [6.45, 7) is 1.19. The fraction of sp³-hybridized carbons (Fsp3) is 0.529. The largest absolute Gasteiger partial charge is 0.484 e. The van der Waals surface area contributed by atoms with Crippen LogP contribution >= 0.6 is 0 Å². The van der Waals surface area contributed by atoms with Crippen LogP contribution in [0.5, 0.6) is 5.75 Å². The van der Waals surface area contributed by atoms with Crippen LogP contribution in [0.25, 0.3) is 0 Å². The Labute approximate surface area is 143 Å². The highest BCUT2D eigenvalue weighted by atomic mass is 19.4. The van der Waals surface area contributed by atoms with Gasteiger partial charge in [0, 0.05) is 5.71 Å². The third kappa shape index (κ3) is 3.10. The van der Waals surface area contributed by atoms with Crippen molar-refractivity contribution >= 4 is 11.6 Å². The number of carbonyl (C=O) groups is 1. The molecule has 0 bridgehead atoms. The number of hydrogen-bond acceptors (Lipinski definition) is 4. The molecule has 8 heteroatoms. The number of hydrogen-bond donors (Lipinski definition) is 1. The number of rotatable bonds is 3. The molecule has 1 aromatic rings. The molecule has 2 aliphatic rings. The second-order valence-corrected chi connectivity index (χ2v) is 6.55. The Bertz CT molecular complexity index is 677. The molecular weight excluding hydrogens is 337 g/mol. The molecule has 0 aromatic heterocycles. The van der Waals surface area contributed by atoms with Gasteiger partial charge in [-0.15, -0.1) is 0 Å². The summed E-state index contributed by atoms with van der Waals surface area (Å²) < 4.78 is 46.2. The van der Waals surface area contributed by atoms with Gasteiger partial charge in [0.05, 0.1) is 5.92 Å². The summed E-state index contributed by atoms with van der Waals surface area (Å²) in [7, 11) is 0. The molecule has 0 saturated heterocycles. The summed E-state index contributed by atoms with van der Waals surface area (Å²) in [6.07, 6.45) is -3.85. The van der Waals surface area contributed by atoms with Gasteiger partial charge in [0.1, 0.15) is 5.75 Å². The molecule has 1 saturated carbocycles. The minimum atomic E-state index is -5.01. The van der Waals surface area contributed by atoms with Gasteiger partial charge in [-0.1, -0.05) is 25.1 Å². The smallest absolute Gasteiger partial charge is 0.439 e. The van der Waals surface area contributed by atoms with Gasteiger partial charge in [-0.05, 0) is 37.3 Å². The second-order valence-electron chi connectivity index (χ2n) is 6.55. The van der Waals surface area contributed by atoms with Crippen molar-refractivity contribution in [3.8, 4) is 5.75 Å². The van der Waals surface area contributed by atoms with Crippen LogP contribution in [0.15, 0.2) is 35.4 Å². The Balaban J connectivity index is 1.83. The van der Waals surface area contributed by atoms with E-state index in [-0.39, 0.29) is 23.1 Å². The highest BCUT2D eigenvalue weighted by molar-refractivity contribution is 5.93. The molecule has 0 radical (unpaired) electrons. The zero-order valence-electron chi connectivity index (χ0n) is 13.7. The summed E-state index contributed by atoms with van der Waals surface area (Å²) >= 11 is 0. The molecular formula is C17H19F3N2O3. The van der Waals surface area contributed by atoms with Crippen LogP contribution in [0.4, 0.5) is 13.2 Å². The molecule has 1 N–H and O–H groups in total. The molecule has 1 heterocycles. The molecule has 1 amide bonds. The first-order valence-corrected chi connectivity index (χ1v) is 8.11. The Morgan fingerprint density at radius 3 is 2.72 bits per heavy atom. The van der Waals surface area contributed by atoms with E-state index in [1.54, 1.807) is 30.3 Å². The lowest BCUT2D eigenvalue weighted by atomic mass is 9.76. The van der Waals surface area contributed by atoms with Crippen molar-refractivity contribution < 1.29 is 27.8 Å². The molecule has 3 rings (SSSR count). The lowest BCUT2D eigenvalue weighted by Gasteiger charge is -2.39. The molecule has 25 heavy (non-hydrogen) atoms. The number of benzene rings is 1. The average Bonchev–Trinajstić information content (AvgIpc) is 2.87. The maximum atomic E-state index is 13.7. The Kier molecular flexibility index (Phi) is 4.49. The first-order valence-electron chi connectivity index (χ1n) is 8.11. The van der Waals surface area contributed by atoms with E-state index in [0.717, 1.165) is 0 Å². The van der Waals surface area contributed by atoms with Crippen molar-refractivity contribution in [1.82, 2.24) is 5.01 Å². The SMILES string of the molecule is CC1CCC2=NN(C(=O)COc3ccccc3)C(O)(C(F)(F)F)C2C1. The number of halogens is 3. The molecule has 0 spiro atoms. The lowest BCUT2D eigenvalue weighted by Crippen LogP contribution is -2.62. The van der Waals surface area contributed by atoms with Gasteiger partial charge in [-0.25, -0.2) is 0 Å². The van der Waals surface area contributed by atoms with E-state index in [4.69, 9.17) is 4.74 Å². The highest BCUT2D eigenvalue weighted by Gasteiger charge is 2.68. The number of nitrogens with zero attached hydrogens (tertiary/aromatic N) is 2. The molecule has 1 aliphatic carbocycles. The van der Waals surface area contributed by atoms with E-state index < -0.39 is 30.3 Å². The van der Waals surface area contributed by atoms with Crippen molar-refractivity contribution in [2.45, 2.75) is 38.1 Å². The third-order valence-electron chi connectivity index (χ3n) is 4.73. The van der Waals surface area contributed by atoms with E-state index >= 15 is 0 Å². The van der Waals surface area contributed by atoms with Crippen LogP contribution in [0.2, 0.25) is 0 Å². The van der Waals surface area contributed by atoms with Gasteiger partial charge in [0.25, 0.3) is 11.6 Å². The van der Waals surface area contributed by atoms with Crippen molar-refractivity contribution in [3.63, 3.8) is 0 Å². The molecule has 1 aliphatic heterocycles. The van der Waals surface area contributed by atoms with Crippen LogP contribution in [0.3, 0.4) is 0 Å². The van der Waals surface area contributed by atoms with Crippen LogP contribution in [-0.2, 0) is 4.79 Å². The summed E-state index contributed by atoms with van der Waals surface area (Å²) in [4.78, 5) is 12.3. The van der Waals surface area contributed by atoms with Crippen LogP contribution in [0.1, 0.15) is 26.2 Å². The van der Waals surface area contributed by atoms with Crippen molar-refractivity contribution in [1.29, 1.82) is 0 Å². The first-order chi connectivity index (χ1) is 11.7. The highest BCUT2D eigenvalue weighted by Crippen LogP contribution is 2.49. The van der Waals surface area contributed by atoms with E-state index in [2.05, 4.69) is 5.10 Å². The number of hydrazone groups is 1. The van der Waals surface area contributed by atoms with Gasteiger partial charge < -0.3 is 9.84 Å². The van der Waals surface area contributed by atoms with Crippen LogP contribution < -0.4 is 4.74 Å². The Morgan fingerprint density at radius 2 is 2.08 bits per heavy atom. The summed E-state index contributed by atoms with van der Waals surface area (Å²) in [6, 6.07) is 8.27. The molecule has 5 nitrogen and oxygen atoms in total. The minimum Gasteiger partial charge on any atom is -0.484 e. The monoisotopic (exact) mass is 356 g/mol. The molecule has 1 aromatic carbocycles. The summed E-state index contributed by atoms with van der Waals surface area (Å²) in [5.41, 5.74) is -3.08. The van der Waals surface area contributed by atoms with E-state index in [1.165, 1.54) is 0 Å². The van der Waals surface area contributed by atoms with Crippen molar-refractivity contribution in [2.24, 2.45) is 16.9 Å².